The smallest absolute Gasteiger partial charge is 0.186 e. The minimum atomic E-state index is -0.123. The maximum atomic E-state index is 11.1. The van der Waals surface area contributed by atoms with E-state index in [9.17, 15) is 4.79 Å². The van der Waals surface area contributed by atoms with E-state index in [1.165, 1.54) is 11.6 Å². The van der Waals surface area contributed by atoms with Gasteiger partial charge < -0.3 is 0 Å². The van der Waals surface area contributed by atoms with Crippen LogP contribution in [-0.4, -0.2) is 5.78 Å². The molecule has 12 heavy (non-hydrogen) atoms. The number of carbonyl (C=O) groups excluding carboxylic acids is 1. The van der Waals surface area contributed by atoms with Gasteiger partial charge in [-0.1, -0.05) is 23.2 Å². The molecule has 1 aromatic rings. The maximum Gasteiger partial charge on any atom is 0.186 e. The lowest BCUT2D eigenvalue weighted by Gasteiger charge is -1.94. The van der Waals surface area contributed by atoms with Crippen molar-refractivity contribution < 1.29 is 4.79 Å². The summed E-state index contributed by atoms with van der Waals surface area (Å²) in [5.41, 5.74) is 1.77. The fourth-order valence-electron chi connectivity index (χ4n) is 0.768. The van der Waals surface area contributed by atoms with E-state index >= 15 is 0 Å². The monoisotopic (exact) mass is 200 g/mol. The fraction of sp³-hybridized carbons (Fsp3) is 0. The van der Waals surface area contributed by atoms with Gasteiger partial charge >= 0.3 is 0 Å². The van der Waals surface area contributed by atoms with E-state index in [0.29, 0.717) is 10.6 Å². The van der Waals surface area contributed by atoms with Gasteiger partial charge in [0.05, 0.1) is 0 Å². The highest BCUT2D eigenvalue weighted by Gasteiger charge is 1.99. The third-order valence-corrected chi connectivity index (χ3v) is 1.72. The molecular weight excluding hydrogens is 195 g/mol. The van der Waals surface area contributed by atoms with E-state index in [0.717, 1.165) is 0 Å². The second-order valence-electron chi connectivity index (χ2n) is 2.16. The molecule has 0 bridgehead atoms. The number of hydrogen-bond acceptors (Lipinski definition) is 1. The zero-order chi connectivity index (χ0) is 8.97. The van der Waals surface area contributed by atoms with Gasteiger partial charge in [-0.2, -0.15) is 0 Å². The van der Waals surface area contributed by atoms with Gasteiger partial charge in [0.15, 0.2) is 5.78 Å². The molecule has 0 aromatic heterocycles. The first-order chi connectivity index (χ1) is 5.74. The summed E-state index contributed by atoms with van der Waals surface area (Å²) in [6, 6.07) is 6.64. The fourth-order valence-corrected chi connectivity index (χ4v) is 1.01. The van der Waals surface area contributed by atoms with Crippen LogP contribution in [0, 0.1) is 0 Å². The summed E-state index contributed by atoms with van der Waals surface area (Å²) in [5, 5.41) is 0.612. The third kappa shape index (κ3) is 2.36. The van der Waals surface area contributed by atoms with Crippen molar-refractivity contribution in [1.29, 1.82) is 0 Å². The third-order valence-electron chi connectivity index (χ3n) is 1.34. The summed E-state index contributed by atoms with van der Waals surface area (Å²) in [4.78, 5) is 11.1. The molecule has 62 valence electrons. The summed E-state index contributed by atoms with van der Waals surface area (Å²) >= 11 is 10.9. The zero-order valence-corrected chi connectivity index (χ0v) is 7.64. The second kappa shape index (κ2) is 4.29. The highest BCUT2D eigenvalue weighted by atomic mass is 35.5. The van der Waals surface area contributed by atoms with Crippen molar-refractivity contribution in [3.05, 3.63) is 46.5 Å². The zero-order valence-electron chi connectivity index (χ0n) is 6.13. The molecule has 0 aliphatic carbocycles. The molecule has 0 fully saturated rings. The van der Waals surface area contributed by atoms with E-state index in [1.54, 1.807) is 24.3 Å². The highest BCUT2D eigenvalue weighted by Crippen LogP contribution is 2.10. The van der Waals surface area contributed by atoms with Crippen molar-refractivity contribution in [3.63, 3.8) is 0 Å². The topological polar surface area (TPSA) is 17.1 Å². The summed E-state index contributed by atoms with van der Waals surface area (Å²) in [6.45, 7) is 0. The lowest BCUT2D eigenvalue weighted by Crippen LogP contribution is -1.92. The standard InChI is InChI=1S/C9H6Cl2O/c10-6-5-9(12)7-1-3-8(11)4-2-7/h1-6H/b6-5+. The molecule has 0 radical (unpaired) electrons. The van der Waals surface area contributed by atoms with Gasteiger partial charge in [-0.05, 0) is 30.3 Å². The molecule has 3 heteroatoms. The molecule has 0 aliphatic heterocycles. The van der Waals surface area contributed by atoms with Gasteiger partial charge in [-0.25, -0.2) is 0 Å². The molecule has 0 aliphatic rings. The Morgan fingerprint density at radius 2 is 1.83 bits per heavy atom. The van der Waals surface area contributed by atoms with Gasteiger partial charge in [-0.3, -0.25) is 4.79 Å². The van der Waals surface area contributed by atoms with Crippen molar-refractivity contribution in [1.82, 2.24) is 0 Å². The van der Waals surface area contributed by atoms with Gasteiger partial charge in [0, 0.05) is 16.1 Å². The van der Waals surface area contributed by atoms with E-state index in [2.05, 4.69) is 0 Å². The van der Waals surface area contributed by atoms with Crippen LogP contribution in [0.15, 0.2) is 35.9 Å². The first-order valence-corrected chi connectivity index (χ1v) is 4.12. The van der Waals surface area contributed by atoms with Gasteiger partial charge in [0.25, 0.3) is 0 Å². The molecule has 0 spiro atoms. The number of hydrogen-bond donors (Lipinski definition) is 0. The SMILES string of the molecule is O=C(/C=C/Cl)c1ccc(Cl)cc1. The molecule has 0 N–H and O–H groups in total. The summed E-state index contributed by atoms with van der Waals surface area (Å²) in [7, 11) is 0. The average Bonchev–Trinajstić information content (AvgIpc) is 2.06. The first kappa shape index (κ1) is 9.30. The molecule has 0 saturated carbocycles. The van der Waals surface area contributed by atoms with Crippen molar-refractivity contribution in [2.75, 3.05) is 0 Å². The normalized spacial score (nSPS) is 10.5. The Hall–Kier alpha value is -0.790. The van der Waals surface area contributed by atoms with Crippen molar-refractivity contribution >= 4 is 29.0 Å². The van der Waals surface area contributed by atoms with Crippen LogP contribution in [-0.2, 0) is 0 Å². The van der Waals surface area contributed by atoms with Crippen LogP contribution in [0.4, 0.5) is 0 Å². The minimum Gasteiger partial charge on any atom is -0.289 e. The van der Waals surface area contributed by atoms with Crippen LogP contribution in [0.2, 0.25) is 5.02 Å². The van der Waals surface area contributed by atoms with Gasteiger partial charge in [0.2, 0.25) is 0 Å². The second-order valence-corrected chi connectivity index (χ2v) is 2.85. The lowest BCUT2D eigenvalue weighted by atomic mass is 10.1. The lowest BCUT2D eigenvalue weighted by molar-refractivity contribution is 0.104. The van der Waals surface area contributed by atoms with E-state index in [4.69, 9.17) is 23.2 Å². The number of halogens is 2. The Morgan fingerprint density at radius 3 is 2.33 bits per heavy atom. The van der Waals surface area contributed by atoms with E-state index in [1.807, 2.05) is 0 Å². The minimum absolute atomic E-state index is 0.123. The largest absolute Gasteiger partial charge is 0.289 e. The number of rotatable bonds is 2. The number of benzene rings is 1. The van der Waals surface area contributed by atoms with E-state index < -0.39 is 0 Å². The van der Waals surface area contributed by atoms with Crippen molar-refractivity contribution in [3.8, 4) is 0 Å². The summed E-state index contributed by atoms with van der Waals surface area (Å²) < 4.78 is 0. The average molecular weight is 201 g/mol. The molecular formula is C9H6Cl2O. The Labute approximate surface area is 80.6 Å². The van der Waals surface area contributed by atoms with Crippen LogP contribution < -0.4 is 0 Å². The van der Waals surface area contributed by atoms with Gasteiger partial charge in [-0.15, -0.1) is 0 Å². The molecule has 0 amide bonds. The number of carbonyl (C=O) groups is 1. The molecule has 0 saturated heterocycles. The van der Waals surface area contributed by atoms with Crippen LogP contribution in [0.3, 0.4) is 0 Å². The van der Waals surface area contributed by atoms with Crippen LogP contribution >= 0.6 is 23.2 Å². The van der Waals surface area contributed by atoms with Crippen LogP contribution in [0.5, 0.6) is 0 Å². The Kier molecular flexibility index (Phi) is 3.32. The summed E-state index contributed by atoms with van der Waals surface area (Å²) in [5.74, 6) is -0.123. The van der Waals surface area contributed by atoms with Crippen LogP contribution in [0.1, 0.15) is 10.4 Å². The molecule has 1 rings (SSSR count). The Morgan fingerprint density at radius 1 is 1.25 bits per heavy atom. The molecule has 0 atom stereocenters. The van der Waals surface area contributed by atoms with Crippen LogP contribution in [0.25, 0.3) is 0 Å². The predicted octanol–water partition coefficient (Wildman–Crippen LogP) is 3.28. The number of allylic oxidation sites excluding steroid dienone is 1. The predicted molar refractivity (Wildman–Crippen MR) is 50.8 cm³/mol. The van der Waals surface area contributed by atoms with Gasteiger partial charge in [0.1, 0.15) is 0 Å². The Bertz CT molecular complexity index is 301. The highest BCUT2D eigenvalue weighted by molar-refractivity contribution is 6.30. The molecule has 0 heterocycles. The maximum absolute atomic E-state index is 11.1. The quantitative estimate of drug-likeness (QED) is 0.530. The molecule has 1 aromatic carbocycles. The van der Waals surface area contributed by atoms with Crippen molar-refractivity contribution in [2.45, 2.75) is 0 Å². The first-order valence-electron chi connectivity index (χ1n) is 3.30. The number of ketones is 1. The molecule has 1 nitrogen and oxygen atoms in total. The van der Waals surface area contributed by atoms with E-state index in [-0.39, 0.29) is 5.78 Å². The summed E-state index contributed by atoms with van der Waals surface area (Å²) in [6.07, 6.45) is 1.30. The Balaban J connectivity index is 2.90. The molecule has 0 unspecified atom stereocenters. The van der Waals surface area contributed by atoms with Crippen molar-refractivity contribution in [2.24, 2.45) is 0 Å².